The van der Waals surface area contributed by atoms with Crippen molar-refractivity contribution in [3.63, 3.8) is 0 Å². The number of nitrogens with zero attached hydrogens (tertiary/aromatic N) is 2. The van der Waals surface area contributed by atoms with Crippen LogP contribution in [0.15, 0.2) is 66.9 Å². The molecule has 0 aliphatic heterocycles. The van der Waals surface area contributed by atoms with Crippen LogP contribution in [0.25, 0.3) is 5.69 Å². The number of hydrogen-bond acceptors (Lipinski definition) is 2. The second-order valence-corrected chi connectivity index (χ2v) is 5.01. The Balaban J connectivity index is 1.80. The molecule has 3 nitrogen and oxygen atoms in total. The van der Waals surface area contributed by atoms with Crippen molar-refractivity contribution in [2.24, 2.45) is 0 Å². The van der Waals surface area contributed by atoms with Gasteiger partial charge in [0.25, 0.3) is 0 Å². The summed E-state index contributed by atoms with van der Waals surface area (Å²) in [6.07, 6.45) is 2.21. The molecular formula is C18H16N2O. The van der Waals surface area contributed by atoms with Crippen LogP contribution >= 0.6 is 0 Å². The van der Waals surface area contributed by atoms with Gasteiger partial charge in [0.2, 0.25) is 0 Å². The highest BCUT2D eigenvalue weighted by Crippen LogP contribution is 2.12. The van der Waals surface area contributed by atoms with Gasteiger partial charge >= 0.3 is 0 Å². The quantitative estimate of drug-likeness (QED) is 0.682. The van der Waals surface area contributed by atoms with Gasteiger partial charge in [-0.2, -0.15) is 5.10 Å². The van der Waals surface area contributed by atoms with Gasteiger partial charge in [-0.3, -0.25) is 4.79 Å². The third-order valence-corrected chi connectivity index (χ3v) is 3.51. The fourth-order valence-electron chi connectivity index (χ4n) is 2.27. The van der Waals surface area contributed by atoms with Crippen molar-refractivity contribution in [2.75, 3.05) is 0 Å². The molecule has 3 aromatic rings. The van der Waals surface area contributed by atoms with Gasteiger partial charge < -0.3 is 0 Å². The summed E-state index contributed by atoms with van der Waals surface area (Å²) in [6, 6.07) is 19.5. The van der Waals surface area contributed by atoms with Crippen LogP contribution in [0.4, 0.5) is 0 Å². The van der Waals surface area contributed by atoms with Crippen molar-refractivity contribution >= 4 is 5.78 Å². The van der Waals surface area contributed by atoms with Gasteiger partial charge in [0, 0.05) is 12.6 Å². The number of benzene rings is 2. The van der Waals surface area contributed by atoms with E-state index in [1.165, 1.54) is 0 Å². The van der Waals surface area contributed by atoms with E-state index in [-0.39, 0.29) is 5.78 Å². The smallest absolute Gasteiger partial charge is 0.187 e. The summed E-state index contributed by atoms with van der Waals surface area (Å²) in [5.41, 5.74) is 3.64. The van der Waals surface area contributed by atoms with Crippen LogP contribution in [0, 0.1) is 6.92 Å². The van der Waals surface area contributed by atoms with Crippen molar-refractivity contribution in [3.05, 3.63) is 83.7 Å². The van der Waals surface area contributed by atoms with E-state index in [0.717, 1.165) is 16.8 Å². The van der Waals surface area contributed by atoms with E-state index in [1.54, 1.807) is 10.7 Å². The minimum Gasteiger partial charge on any atom is -0.292 e. The maximum absolute atomic E-state index is 12.3. The summed E-state index contributed by atoms with van der Waals surface area (Å²) in [5, 5.41) is 4.37. The first-order valence-corrected chi connectivity index (χ1v) is 6.93. The summed E-state index contributed by atoms with van der Waals surface area (Å²) >= 11 is 0. The first-order chi connectivity index (χ1) is 10.2. The Kier molecular flexibility index (Phi) is 3.65. The van der Waals surface area contributed by atoms with Gasteiger partial charge in [0.05, 0.1) is 5.69 Å². The molecule has 1 heterocycles. The molecule has 0 saturated heterocycles. The number of ketones is 1. The molecule has 0 saturated carbocycles. The van der Waals surface area contributed by atoms with Crippen LogP contribution in [0.1, 0.15) is 21.6 Å². The molecule has 104 valence electrons. The molecular weight excluding hydrogens is 260 g/mol. The van der Waals surface area contributed by atoms with E-state index in [9.17, 15) is 4.79 Å². The Labute approximate surface area is 123 Å². The van der Waals surface area contributed by atoms with Gasteiger partial charge in [-0.15, -0.1) is 0 Å². The van der Waals surface area contributed by atoms with Crippen molar-refractivity contribution in [1.29, 1.82) is 0 Å². The average molecular weight is 276 g/mol. The number of carbonyl (C=O) groups is 1. The number of hydrogen-bond donors (Lipinski definition) is 0. The van der Waals surface area contributed by atoms with E-state index in [0.29, 0.717) is 12.1 Å². The standard InChI is InChI=1S/C18H16N2O/c1-14-7-5-6-8-15(14)13-18(21)17-11-12-20(19-17)16-9-3-2-4-10-16/h2-12H,13H2,1H3. The molecule has 0 aliphatic rings. The fourth-order valence-corrected chi connectivity index (χ4v) is 2.27. The van der Waals surface area contributed by atoms with Crippen molar-refractivity contribution in [3.8, 4) is 5.69 Å². The van der Waals surface area contributed by atoms with E-state index in [1.807, 2.05) is 67.7 Å². The predicted octanol–water partition coefficient (Wildman–Crippen LogP) is 3.61. The van der Waals surface area contributed by atoms with E-state index < -0.39 is 0 Å². The zero-order valence-corrected chi connectivity index (χ0v) is 11.9. The molecule has 1 aromatic heterocycles. The molecule has 3 rings (SSSR count). The number of rotatable bonds is 4. The summed E-state index contributed by atoms with van der Waals surface area (Å²) in [6.45, 7) is 2.02. The predicted molar refractivity (Wildman–Crippen MR) is 82.8 cm³/mol. The van der Waals surface area contributed by atoms with E-state index >= 15 is 0 Å². The lowest BCUT2D eigenvalue weighted by Gasteiger charge is -2.03. The van der Waals surface area contributed by atoms with Gasteiger partial charge in [-0.25, -0.2) is 4.68 Å². The van der Waals surface area contributed by atoms with E-state index in [4.69, 9.17) is 0 Å². The van der Waals surface area contributed by atoms with Gasteiger partial charge in [-0.05, 0) is 36.2 Å². The van der Waals surface area contributed by atoms with Crippen molar-refractivity contribution < 1.29 is 4.79 Å². The molecule has 2 aromatic carbocycles. The number of Topliss-reactive ketones (excluding diaryl/α,β-unsaturated/α-hetero) is 1. The topological polar surface area (TPSA) is 34.9 Å². The van der Waals surface area contributed by atoms with Crippen LogP contribution in [0.2, 0.25) is 0 Å². The number of aryl methyl sites for hydroxylation is 1. The largest absolute Gasteiger partial charge is 0.292 e. The van der Waals surface area contributed by atoms with Crippen molar-refractivity contribution in [1.82, 2.24) is 9.78 Å². The molecule has 0 amide bonds. The minimum absolute atomic E-state index is 0.0407. The summed E-state index contributed by atoms with van der Waals surface area (Å²) in [4.78, 5) is 12.3. The maximum Gasteiger partial charge on any atom is 0.187 e. The van der Waals surface area contributed by atoms with Crippen LogP contribution < -0.4 is 0 Å². The van der Waals surface area contributed by atoms with Crippen LogP contribution in [0.3, 0.4) is 0 Å². The summed E-state index contributed by atoms with van der Waals surface area (Å²) in [5.74, 6) is 0.0407. The lowest BCUT2D eigenvalue weighted by molar-refractivity contribution is 0.0987. The first kappa shape index (κ1) is 13.3. The van der Waals surface area contributed by atoms with E-state index in [2.05, 4.69) is 5.10 Å². The summed E-state index contributed by atoms with van der Waals surface area (Å²) < 4.78 is 1.73. The first-order valence-electron chi connectivity index (χ1n) is 6.93. The Morgan fingerprint density at radius 2 is 1.71 bits per heavy atom. The lowest BCUT2D eigenvalue weighted by Crippen LogP contribution is -2.06. The Morgan fingerprint density at radius 1 is 1.00 bits per heavy atom. The molecule has 21 heavy (non-hydrogen) atoms. The number of aromatic nitrogens is 2. The zero-order chi connectivity index (χ0) is 14.7. The Hall–Kier alpha value is -2.68. The molecule has 0 bridgehead atoms. The molecule has 0 radical (unpaired) electrons. The maximum atomic E-state index is 12.3. The van der Waals surface area contributed by atoms with Gasteiger partial charge in [-0.1, -0.05) is 42.5 Å². The second-order valence-electron chi connectivity index (χ2n) is 5.01. The lowest BCUT2D eigenvalue weighted by atomic mass is 10.0. The number of carbonyl (C=O) groups excluding carboxylic acids is 1. The van der Waals surface area contributed by atoms with Crippen molar-refractivity contribution in [2.45, 2.75) is 13.3 Å². The average Bonchev–Trinajstić information content (AvgIpc) is 3.00. The van der Waals surface area contributed by atoms with Crippen LogP contribution in [-0.2, 0) is 6.42 Å². The summed E-state index contributed by atoms with van der Waals surface area (Å²) in [7, 11) is 0. The molecule has 0 N–H and O–H groups in total. The minimum atomic E-state index is 0.0407. The van der Waals surface area contributed by atoms with Crippen LogP contribution in [-0.4, -0.2) is 15.6 Å². The SMILES string of the molecule is Cc1ccccc1CC(=O)c1ccn(-c2ccccc2)n1. The third kappa shape index (κ3) is 2.92. The molecule has 0 unspecified atom stereocenters. The fraction of sp³-hybridized carbons (Fsp3) is 0.111. The molecule has 0 spiro atoms. The highest BCUT2D eigenvalue weighted by molar-refractivity contribution is 5.95. The van der Waals surface area contributed by atoms with Gasteiger partial charge in [0.1, 0.15) is 5.69 Å². The molecule has 0 atom stereocenters. The monoisotopic (exact) mass is 276 g/mol. The molecule has 0 fully saturated rings. The normalized spacial score (nSPS) is 10.5. The zero-order valence-electron chi connectivity index (χ0n) is 11.9. The van der Waals surface area contributed by atoms with Gasteiger partial charge in [0.15, 0.2) is 5.78 Å². The Bertz CT molecular complexity index is 760. The molecule has 0 aliphatic carbocycles. The Morgan fingerprint density at radius 3 is 2.48 bits per heavy atom. The molecule has 3 heteroatoms. The highest BCUT2D eigenvalue weighted by atomic mass is 16.1. The number of para-hydroxylation sites is 1. The second kappa shape index (κ2) is 5.75. The third-order valence-electron chi connectivity index (χ3n) is 3.51. The van der Waals surface area contributed by atoms with Crippen LogP contribution in [0.5, 0.6) is 0 Å². The highest BCUT2D eigenvalue weighted by Gasteiger charge is 2.12.